The molecule has 3 aromatic carbocycles. The monoisotopic (exact) mass is 444 g/mol. The van der Waals surface area contributed by atoms with Crippen molar-refractivity contribution in [2.75, 3.05) is 0 Å². The summed E-state index contributed by atoms with van der Waals surface area (Å²) >= 11 is 0. The first-order valence-corrected chi connectivity index (χ1v) is 9.80. The van der Waals surface area contributed by atoms with Crippen LogP contribution in [-0.4, -0.2) is 27.6 Å². The van der Waals surface area contributed by atoms with Crippen molar-refractivity contribution in [3.05, 3.63) is 111 Å². The Morgan fingerprint density at radius 3 is 2.33 bits per heavy atom. The van der Waals surface area contributed by atoms with E-state index in [1.165, 1.54) is 36.4 Å². The summed E-state index contributed by atoms with van der Waals surface area (Å²) in [6, 6.07) is 20.2. The lowest BCUT2D eigenvalue weighted by atomic mass is 10.1. The number of carbonyl (C=O) groups is 2. The Morgan fingerprint density at radius 2 is 1.67 bits per heavy atom. The van der Waals surface area contributed by atoms with Crippen LogP contribution < -0.4 is 10.7 Å². The molecule has 0 heterocycles. The van der Waals surface area contributed by atoms with Gasteiger partial charge in [-0.2, -0.15) is 5.10 Å². The van der Waals surface area contributed by atoms with Crippen LogP contribution in [0.4, 0.5) is 5.69 Å². The van der Waals surface area contributed by atoms with Gasteiger partial charge in [0.2, 0.25) is 0 Å². The Hall–Kier alpha value is -4.79. The fourth-order valence-corrected chi connectivity index (χ4v) is 2.80. The minimum absolute atomic E-state index is 0.0985. The summed E-state index contributed by atoms with van der Waals surface area (Å²) in [5.41, 5.74) is 3.90. The highest BCUT2D eigenvalue weighted by Crippen LogP contribution is 2.16. The van der Waals surface area contributed by atoms with E-state index < -0.39 is 16.7 Å². The largest absolute Gasteiger partial charge is 0.508 e. The third-order valence-corrected chi connectivity index (χ3v) is 4.53. The quantitative estimate of drug-likeness (QED) is 0.221. The van der Waals surface area contributed by atoms with Crippen LogP contribution in [0, 0.1) is 10.1 Å². The third kappa shape index (κ3) is 6.34. The number of aromatic hydroxyl groups is 1. The molecule has 0 saturated carbocycles. The van der Waals surface area contributed by atoms with Gasteiger partial charge in [0.25, 0.3) is 17.5 Å². The molecule has 2 amide bonds. The minimum Gasteiger partial charge on any atom is -0.508 e. The second-order valence-corrected chi connectivity index (χ2v) is 6.92. The normalized spacial score (nSPS) is 11.5. The minimum atomic E-state index is -0.719. The van der Waals surface area contributed by atoms with Gasteiger partial charge in [-0.05, 0) is 60.5 Å². The summed E-state index contributed by atoms with van der Waals surface area (Å²) in [6.45, 7) is 1.67. The van der Waals surface area contributed by atoms with Crippen molar-refractivity contribution in [3.63, 3.8) is 0 Å². The van der Waals surface area contributed by atoms with E-state index in [4.69, 9.17) is 0 Å². The topological polar surface area (TPSA) is 134 Å². The van der Waals surface area contributed by atoms with Crippen LogP contribution in [0.3, 0.4) is 0 Å². The number of amides is 2. The van der Waals surface area contributed by atoms with Gasteiger partial charge in [-0.3, -0.25) is 19.7 Å². The van der Waals surface area contributed by atoms with Gasteiger partial charge in [-0.15, -0.1) is 0 Å². The molecule has 0 unspecified atom stereocenters. The van der Waals surface area contributed by atoms with Crippen LogP contribution in [0.15, 0.2) is 89.7 Å². The molecule has 33 heavy (non-hydrogen) atoms. The Morgan fingerprint density at radius 1 is 0.970 bits per heavy atom. The molecule has 3 N–H and O–H groups in total. The number of nitro benzene ring substituents is 1. The number of phenols is 1. The fourth-order valence-electron chi connectivity index (χ4n) is 2.80. The lowest BCUT2D eigenvalue weighted by Gasteiger charge is -2.10. The highest BCUT2D eigenvalue weighted by atomic mass is 16.6. The first-order chi connectivity index (χ1) is 15.8. The van der Waals surface area contributed by atoms with Gasteiger partial charge in [0.05, 0.1) is 10.6 Å². The summed E-state index contributed by atoms with van der Waals surface area (Å²) in [5, 5.41) is 27.1. The lowest BCUT2D eigenvalue weighted by molar-refractivity contribution is -0.384. The van der Waals surface area contributed by atoms with E-state index in [-0.39, 0.29) is 17.1 Å². The number of hydrogen-bond acceptors (Lipinski definition) is 6. The number of rotatable bonds is 7. The Bertz CT molecular complexity index is 1240. The van der Waals surface area contributed by atoms with E-state index in [0.717, 1.165) is 0 Å². The van der Waals surface area contributed by atoms with E-state index in [0.29, 0.717) is 22.4 Å². The molecule has 3 aromatic rings. The van der Waals surface area contributed by atoms with Crippen molar-refractivity contribution in [2.45, 2.75) is 6.92 Å². The molecule has 0 bridgehead atoms. The van der Waals surface area contributed by atoms with Crippen molar-refractivity contribution >= 4 is 29.3 Å². The number of carbonyl (C=O) groups excluding carboxylic acids is 2. The van der Waals surface area contributed by atoms with Crippen LogP contribution in [0.25, 0.3) is 6.08 Å². The molecule has 0 atom stereocenters. The number of nitrogens with one attached hydrogen (secondary N) is 2. The highest BCUT2D eigenvalue weighted by Gasteiger charge is 2.15. The maximum atomic E-state index is 12.8. The molecule has 0 spiro atoms. The van der Waals surface area contributed by atoms with Gasteiger partial charge in [-0.25, -0.2) is 5.43 Å². The van der Waals surface area contributed by atoms with Gasteiger partial charge in [0, 0.05) is 17.7 Å². The molecule has 9 heteroatoms. The van der Waals surface area contributed by atoms with Crippen molar-refractivity contribution in [3.8, 4) is 5.75 Å². The van der Waals surface area contributed by atoms with Gasteiger partial charge in [0.15, 0.2) is 0 Å². The number of benzene rings is 3. The lowest BCUT2D eigenvalue weighted by Crippen LogP contribution is -2.33. The predicted molar refractivity (Wildman–Crippen MR) is 123 cm³/mol. The van der Waals surface area contributed by atoms with Crippen molar-refractivity contribution in [2.24, 2.45) is 5.10 Å². The van der Waals surface area contributed by atoms with Crippen LogP contribution in [0.1, 0.15) is 28.4 Å². The summed E-state index contributed by atoms with van der Waals surface area (Å²) in [7, 11) is 0. The zero-order chi connectivity index (χ0) is 23.8. The van der Waals surface area contributed by atoms with E-state index in [2.05, 4.69) is 15.8 Å². The van der Waals surface area contributed by atoms with Gasteiger partial charge in [0.1, 0.15) is 11.4 Å². The molecule has 0 fully saturated rings. The molecule has 0 aromatic heterocycles. The van der Waals surface area contributed by atoms with E-state index in [1.807, 2.05) is 0 Å². The standard InChI is InChI=1S/C24H20N4O5/c1-16(18-10-12-21(29)13-11-18)26-27-24(31)22(25-23(30)19-7-3-2-4-8-19)15-17-6-5-9-20(14-17)28(32)33/h2-15,29H,1H3,(H,25,30)(H,27,31)/b22-15?,26-16+. The Balaban J connectivity index is 1.88. The van der Waals surface area contributed by atoms with Crippen molar-refractivity contribution in [1.29, 1.82) is 0 Å². The predicted octanol–water partition coefficient (Wildman–Crippen LogP) is 3.61. The average Bonchev–Trinajstić information content (AvgIpc) is 2.83. The van der Waals surface area contributed by atoms with Gasteiger partial charge >= 0.3 is 0 Å². The van der Waals surface area contributed by atoms with Crippen LogP contribution >= 0.6 is 0 Å². The average molecular weight is 444 g/mol. The summed E-state index contributed by atoms with van der Waals surface area (Å²) in [5.74, 6) is -1.15. The van der Waals surface area contributed by atoms with E-state index in [1.54, 1.807) is 55.5 Å². The van der Waals surface area contributed by atoms with E-state index in [9.17, 15) is 24.8 Å². The second kappa shape index (κ2) is 10.5. The van der Waals surface area contributed by atoms with Crippen LogP contribution in [0.5, 0.6) is 5.75 Å². The molecule has 0 aliphatic carbocycles. The first-order valence-electron chi connectivity index (χ1n) is 9.80. The zero-order valence-electron chi connectivity index (χ0n) is 17.6. The van der Waals surface area contributed by atoms with Crippen LogP contribution in [0.2, 0.25) is 0 Å². The molecule has 9 nitrogen and oxygen atoms in total. The SMILES string of the molecule is C/C(=N\NC(=O)C(=Cc1cccc([N+](=O)[O-])c1)NC(=O)c1ccccc1)c1ccc(O)cc1. The number of hydrazone groups is 1. The molecule has 166 valence electrons. The number of nitrogens with zero attached hydrogens (tertiary/aromatic N) is 2. The molecule has 0 aliphatic heterocycles. The first kappa shape index (κ1) is 22.9. The van der Waals surface area contributed by atoms with E-state index >= 15 is 0 Å². The van der Waals surface area contributed by atoms with Gasteiger partial charge in [-0.1, -0.05) is 30.3 Å². The maximum absolute atomic E-state index is 12.8. The summed E-state index contributed by atoms with van der Waals surface area (Å²) < 4.78 is 0. The molecular weight excluding hydrogens is 424 g/mol. The van der Waals surface area contributed by atoms with Crippen molar-refractivity contribution < 1.29 is 19.6 Å². The Labute approximate surface area is 189 Å². The molecule has 0 radical (unpaired) electrons. The molecule has 0 aliphatic rings. The molecule has 0 saturated heterocycles. The molecular formula is C24H20N4O5. The Kier molecular flexibility index (Phi) is 7.28. The zero-order valence-corrected chi connectivity index (χ0v) is 17.6. The number of hydrogen-bond donors (Lipinski definition) is 3. The third-order valence-electron chi connectivity index (χ3n) is 4.53. The fraction of sp³-hybridized carbons (Fsp3) is 0.0417. The number of phenolic OH excluding ortho intramolecular Hbond substituents is 1. The smallest absolute Gasteiger partial charge is 0.287 e. The van der Waals surface area contributed by atoms with Crippen LogP contribution in [-0.2, 0) is 4.79 Å². The van der Waals surface area contributed by atoms with Crippen molar-refractivity contribution in [1.82, 2.24) is 10.7 Å². The summed E-state index contributed by atoms with van der Waals surface area (Å²) in [4.78, 5) is 36.0. The number of non-ortho nitro benzene ring substituents is 1. The maximum Gasteiger partial charge on any atom is 0.287 e. The number of nitro groups is 1. The van der Waals surface area contributed by atoms with Gasteiger partial charge < -0.3 is 10.4 Å². The molecule has 3 rings (SSSR count). The highest BCUT2D eigenvalue weighted by molar-refractivity contribution is 6.06. The summed E-state index contributed by atoms with van der Waals surface area (Å²) in [6.07, 6.45) is 1.33. The second-order valence-electron chi connectivity index (χ2n) is 6.92.